The Hall–Kier alpha value is -2.37. The first-order valence-electron chi connectivity index (χ1n) is 6.11. The van der Waals surface area contributed by atoms with Crippen molar-refractivity contribution in [3.8, 4) is 0 Å². The number of benzene rings is 1. The number of carboxylic acids is 1. The third-order valence-electron chi connectivity index (χ3n) is 3.24. The Kier molecular flexibility index (Phi) is 2.70. The Balaban J connectivity index is 1.89. The smallest absolute Gasteiger partial charge is 0.323 e. The number of aromatic nitrogens is 2. The van der Waals surface area contributed by atoms with E-state index in [9.17, 15) is 9.59 Å². The first-order valence-corrected chi connectivity index (χ1v) is 6.11. The van der Waals surface area contributed by atoms with Gasteiger partial charge in [-0.25, -0.2) is 0 Å². The third-order valence-corrected chi connectivity index (χ3v) is 3.24. The van der Waals surface area contributed by atoms with Gasteiger partial charge in [-0.3, -0.25) is 14.7 Å². The average molecular weight is 259 g/mol. The Labute approximate surface area is 109 Å². The summed E-state index contributed by atoms with van der Waals surface area (Å²) in [5.41, 5.74) is 1.36. The number of hydrogen-bond acceptors (Lipinski definition) is 3. The number of hydrogen-bond donors (Lipinski definition) is 2. The number of carbonyl (C=O) groups is 2. The van der Waals surface area contributed by atoms with E-state index >= 15 is 0 Å². The molecule has 3 rings (SSSR count). The summed E-state index contributed by atoms with van der Waals surface area (Å²) in [5.74, 6) is -1.21. The number of carbonyl (C=O) groups excluding carboxylic acids is 1. The average Bonchev–Trinajstić information content (AvgIpc) is 3.12. The molecule has 0 unspecified atom stereocenters. The van der Waals surface area contributed by atoms with Crippen LogP contribution in [0.3, 0.4) is 0 Å². The SMILES string of the molecule is O=C(O)CN(C(=O)c1ccc2[nH]ncc2c1)C1CC1. The van der Waals surface area contributed by atoms with E-state index in [1.54, 1.807) is 24.4 Å². The zero-order valence-electron chi connectivity index (χ0n) is 10.2. The molecule has 1 aromatic heterocycles. The van der Waals surface area contributed by atoms with E-state index in [2.05, 4.69) is 10.2 Å². The van der Waals surface area contributed by atoms with Crippen LogP contribution in [0.15, 0.2) is 24.4 Å². The Morgan fingerprint density at radius 1 is 1.42 bits per heavy atom. The van der Waals surface area contributed by atoms with Crippen LogP contribution >= 0.6 is 0 Å². The normalized spacial score (nSPS) is 14.5. The lowest BCUT2D eigenvalue weighted by atomic mass is 10.1. The number of nitrogens with zero attached hydrogens (tertiary/aromatic N) is 2. The van der Waals surface area contributed by atoms with Gasteiger partial charge >= 0.3 is 5.97 Å². The molecule has 0 bridgehead atoms. The molecule has 1 aliphatic rings. The van der Waals surface area contributed by atoms with Gasteiger partial charge in [0.15, 0.2) is 0 Å². The predicted octanol–water partition coefficient (Wildman–Crippen LogP) is 1.25. The van der Waals surface area contributed by atoms with Crippen molar-refractivity contribution in [2.24, 2.45) is 0 Å². The van der Waals surface area contributed by atoms with E-state index in [1.807, 2.05) is 0 Å². The molecule has 1 amide bonds. The highest BCUT2D eigenvalue weighted by atomic mass is 16.4. The van der Waals surface area contributed by atoms with Gasteiger partial charge in [-0.15, -0.1) is 0 Å². The lowest BCUT2D eigenvalue weighted by Crippen LogP contribution is -2.37. The molecular weight excluding hydrogens is 246 g/mol. The van der Waals surface area contributed by atoms with E-state index in [4.69, 9.17) is 5.11 Å². The van der Waals surface area contributed by atoms with Crippen molar-refractivity contribution in [1.29, 1.82) is 0 Å². The maximum absolute atomic E-state index is 12.4. The van der Waals surface area contributed by atoms with Gasteiger partial charge in [0.1, 0.15) is 6.54 Å². The second-order valence-corrected chi connectivity index (χ2v) is 4.73. The summed E-state index contributed by atoms with van der Waals surface area (Å²) in [6, 6.07) is 5.28. The van der Waals surface area contributed by atoms with Gasteiger partial charge in [0.05, 0.1) is 11.7 Å². The number of nitrogens with one attached hydrogen (secondary N) is 1. The molecule has 1 saturated carbocycles. The molecular formula is C13H13N3O3. The fourth-order valence-corrected chi connectivity index (χ4v) is 2.14. The predicted molar refractivity (Wildman–Crippen MR) is 67.8 cm³/mol. The molecule has 1 aromatic carbocycles. The molecule has 1 aliphatic carbocycles. The third kappa shape index (κ3) is 2.29. The van der Waals surface area contributed by atoms with Gasteiger partial charge in [-0.1, -0.05) is 0 Å². The zero-order valence-corrected chi connectivity index (χ0v) is 10.2. The molecule has 6 heteroatoms. The molecule has 0 spiro atoms. The van der Waals surface area contributed by atoms with E-state index in [-0.39, 0.29) is 18.5 Å². The monoisotopic (exact) mass is 259 g/mol. The lowest BCUT2D eigenvalue weighted by Gasteiger charge is -2.20. The van der Waals surface area contributed by atoms with Crippen LogP contribution in [0, 0.1) is 0 Å². The van der Waals surface area contributed by atoms with Gasteiger partial charge in [-0.2, -0.15) is 5.10 Å². The molecule has 0 aliphatic heterocycles. The molecule has 98 valence electrons. The summed E-state index contributed by atoms with van der Waals surface area (Å²) in [6.07, 6.45) is 3.41. The van der Waals surface area contributed by atoms with Crippen LogP contribution < -0.4 is 0 Å². The summed E-state index contributed by atoms with van der Waals surface area (Å²) in [5, 5.41) is 16.4. The largest absolute Gasteiger partial charge is 0.480 e. The number of H-pyrrole nitrogens is 1. The number of fused-ring (bicyclic) bond motifs is 1. The van der Waals surface area contributed by atoms with Crippen LogP contribution in [0.1, 0.15) is 23.2 Å². The molecule has 0 radical (unpaired) electrons. The second kappa shape index (κ2) is 4.38. The standard InChI is InChI=1S/C13H13N3O3/c17-12(18)7-16(10-2-3-10)13(19)8-1-4-11-9(5-8)6-14-15-11/h1,4-6,10H,2-3,7H2,(H,14,15)(H,17,18). The van der Waals surface area contributed by atoms with E-state index in [0.717, 1.165) is 23.7 Å². The zero-order chi connectivity index (χ0) is 13.4. The van der Waals surface area contributed by atoms with E-state index in [0.29, 0.717) is 5.56 Å². The molecule has 2 N–H and O–H groups in total. The van der Waals surface area contributed by atoms with Crippen molar-refractivity contribution >= 4 is 22.8 Å². The number of aliphatic carboxylic acids is 1. The van der Waals surface area contributed by atoms with Crippen LogP contribution in [-0.4, -0.2) is 44.7 Å². The highest BCUT2D eigenvalue weighted by Crippen LogP contribution is 2.28. The summed E-state index contributed by atoms with van der Waals surface area (Å²) >= 11 is 0. The Morgan fingerprint density at radius 3 is 2.89 bits per heavy atom. The van der Waals surface area contributed by atoms with Gasteiger partial charge in [0.25, 0.3) is 5.91 Å². The van der Waals surface area contributed by atoms with Gasteiger partial charge in [0, 0.05) is 17.0 Å². The van der Waals surface area contributed by atoms with Crippen LogP contribution in [0.4, 0.5) is 0 Å². The van der Waals surface area contributed by atoms with Gasteiger partial charge in [-0.05, 0) is 31.0 Å². The van der Waals surface area contributed by atoms with Crippen LogP contribution in [0.25, 0.3) is 10.9 Å². The van der Waals surface area contributed by atoms with Crippen LogP contribution in [0.2, 0.25) is 0 Å². The molecule has 19 heavy (non-hydrogen) atoms. The first-order chi connectivity index (χ1) is 9.15. The lowest BCUT2D eigenvalue weighted by molar-refractivity contribution is -0.137. The minimum atomic E-state index is -0.982. The van der Waals surface area contributed by atoms with Gasteiger partial charge in [0.2, 0.25) is 0 Å². The van der Waals surface area contributed by atoms with Crippen molar-refractivity contribution in [3.63, 3.8) is 0 Å². The molecule has 2 aromatic rings. The van der Waals surface area contributed by atoms with E-state index < -0.39 is 5.97 Å². The molecule has 0 saturated heterocycles. The maximum Gasteiger partial charge on any atom is 0.323 e. The number of aromatic amines is 1. The first kappa shape index (κ1) is 11.7. The molecule has 1 heterocycles. The minimum absolute atomic E-state index is 0.0728. The number of carboxylic acid groups (broad SMARTS) is 1. The second-order valence-electron chi connectivity index (χ2n) is 4.73. The summed E-state index contributed by atoms with van der Waals surface area (Å²) < 4.78 is 0. The maximum atomic E-state index is 12.4. The number of amides is 1. The van der Waals surface area contributed by atoms with Crippen molar-refractivity contribution in [2.75, 3.05) is 6.54 Å². The van der Waals surface area contributed by atoms with E-state index in [1.165, 1.54) is 4.90 Å². The van der Waals surface area contributed by atoms with Gasteiger partial charge < -0.3 is 10.0 Å². The summed E-state index contributed by atoms with van der Waals surface area (Å²) in [6.45, 7) is -0.243. The quantitative estimate of drug-likeness (QED) is 0.865. The minimum Gasteiger partial charge on any atom is -0.480 e. The number of rotatable bonds is 4. The highest BCUT2D eigenvalue weighted by Gasteiger charge is 2.34. The molecule has 0 atom stereocenters. The van der Waals surface area contributed by atoms with Crippen molar-refractivity contribution < 1.29 is 14.7 Å². The topological polar surface area (TPSA) is 86.3 Å². The Morgan fingerprint density at radius 2 is 2.21 bits per heavy atom. The van der Waals surface area contributed by atoms with Crippen molar-refractivity contribution in [2.45, 2.75) is 18.9 Å². The highest BCUT2D eigenvalue weighted by molar-refractivity contribution is 5.99. The van der Waals surface area contributed by atoms with Crippen LogP contribution in [-0.2, 0) is 4.79 Å². The summed E-state index contributed by atoms with van der Waals surface area (Å²) in [7, 11) is 0. The molecule has 6 nitrogen and oxygen atoms in total. The fraction of sp³-hybridized carbons (Fsp3) is 0.308. The van der Waals surface area contributed by atoms with Crippen LogP contribution in [0.5, 0.6) is 0 Å². The van der Waals surface area contributed by atoms with Crippen molar-refractivity contribution in [3.05, 3.63) is 30.0 Å². The summed E-state index contributed by atoms with van der Waals surface area (Å²) in [4.78, 5) is 24.6. The molecule has 1 fully saturated rings. The Bertz CT molecular complexity index is 645. The fourth-order valence-electron chi connectivity index (χ4n) is 2.14. The van der Waals surface area contributed by atoms with Crippen molar-refractivity contribution in [1.82, 2.24) is 15.1 Å².